The number of phenolic OH excluding ortho intramolecular Hbond substituents is 1. The zero-order chi connectivity index (χ0) is 18.7. The highest BCUT2D eigenvalue weighted by molar-refractivity contribution is 6.07. The van der Waals surface area contributed by atoms with Gasteiger partial charge in [0.1, 0.15) is 11.3 Å². The Kier molecular flexibility index (Phi) is 5.15. The molecule has 1 spiro atoms. The monoisotopic (exact) mass is 358 g/mol. The van der Waals surface area contributed by atoms with Crippen LogP contribution in [0, 0.1) is 0 Å². The third kappa shape index (κ3) is 3.25. The van der Waals surface area contributed by atoms with Crippen molar-refractivity contribution in [1.82, 2.24) is 10.3 Å². The highest BCUT2D eigenvalue weighted by Crippen LogP contribution is 2.33. The van der Waals surface area contributed by atoms with Crippen LogP contribution < -0.4 is 10.2 Å². The molecule has 1 heterocycles. The summed E-state index contributed by atoms with van der Waals surface area (Å²) in [5.41, 5.74) is 0.591. The van der Waals surface area contributed by atoms with Gasteiger partial charge in [0.15, 0.2) is 0 Å². The fourth-order valence-electron chi connectivity index (χ4n) is 3.75. The van der Waals surface area contributed by atoms with Crippen molar-refractivity contribution in [2.24, 2.45) is 5.10 Å². The number of hydrazone groups is 1. The topological polar surface area (TPSA) is 85.2 Å². The summed E-state index contributed by atoms with van der Waals surface area (Å²) in [6, 6.07) is 4.81. The molecule has 0 unspecified atom stereocenters. The van der Waals surface area contributed by atoms with Gasteiger partial charge in [0.25, 0.3) is 5.91 Å². The average molecular weight is 358 g/mol. The van der Waals surface area contributed by atoms with E-state index in [0.717, 1.165) is 43.0 Å². The molecule has 1 saturated carbocycles. The molecule has 1 saturated heterocycles. The Hall–Kier alpha value is -2.57. The minimum Gasteiger partial charge on any atom is -0.507 e. The first kappa shape index (κ1) is 18.2. The Morgan fingerprint density at radius 3 is 2.54 bits per heavy atom. The van der Waals surface area contributed by atoms with Crippen molar-refractivity contribution in [3.63, 3.8) is 0 Å². The summed E-state index contributed by atoms with van der Waals surface area (Å²) in [6.45, 7) is 5.78. The van der Waals surface area contributed by atoms with E-state index in [4.69, 9.17) is 0 Å². The Labute approximate surface area is 153 Å². The number of nitrogens with zero attached hydrogens (tertiary/aromatic N) is 3. The first-order valence-corrected chi connectivity index (χ1v) is 9.29. The lowest BCUT2D eigenvalue weighted by molar-refractivity contribution is -0.132. The van der Waals surface area contributed by atoms with Crippen LogP contribution in [0.1, 0.15) is 51.5 Å². The molecule has 7 heteroatoms. The van der Waals surface area contributed by atoms with Crippen LogP contribution in [0.2, 0.25) is 0 Å². The third-order valence-corrected chi connectivity index (χ3v) is 5.30. The van der Waals surface area contributed by atoms with Crippen LogP contribution in [0.4, 0.5) is 10.5 Å². The highest BCUT2D eigenvalue weighted by Gasteiger charge is 2.51. The number of carbonyl (C=O) groups is 2. The van der Waals surface area contributed by atoms with Gasteiger partial charge in [-0.25, -0.2) is 4.79 Å². The SMILES string of the molecule is CCN(CC)c1ccc(/C=N/N2C(=O)NC3(CCCCC3)C2=O)c(O)c1. The van der Waals surface area contributed by atoms with Crippen LogP contribution in [-0.4, -0.2) is 46.9 Å². The predicted molar refractivity (Wildman–Crippen MR) is 100 cm³/mol. The molecule has 0 radical (unpaired) electrons. The van der Waals surface area contributed by atoms with E-state index in [1.807, 2.05) is 6.07 Å². The zero-order valence-electron chi connectivity index (χ0n) is 15.4. The predicted octanol–water partition coefficient (Wildman–Crippen LogP) is 2.83. The fraction of sp³-hybridized carbons (Fsp3) is 0.526. The van der Waals surface area contributed by atoms with Gasteiger partial charge >= 0.3 is 6.03 Å². The van der Waals surface area contributed by atoms with Crippen molar-refractivity contribution >= 4 is 23.8 Å². The number of hydrogen-bond acceptors (Lipinski definition) is 5. The van der Waals surface area contributed by atoms with Gasteiger partial charge in [-0.1, -0.05) is 19.3 Å². The maximum Gasteiger partial charge on any atom is 0.346 e. The number of benzene rings is 1. The summed E-state index contributed by atoms with van der Waals surface area (Å²) < 4.78 is 0. The Morgan fingerprint density at radius 1 is 1.23 bits per heavy atom. The number of nitrogens with one attached hydrogen (secondary N) is 1. The van der Waals surface area contributed by atoms with Gasteiger partial charge in [-0.15, -0.1) is 5.01 Å². The first-order chi connectivity index (χ1) is 12.5. The molecular weight excluding hydrogens is 332 g/mol. The summed E-state index contributed by atoms with van der Waals surface area (Å²) in [6.07, 6.45) is 5.62. The van der Waals surface area contributed by atoms with Gasteiger partial charge < -0.3 is 15.3 Å². The number of hydrogen-bond donors (Lipinski definition) is 2. The number of urea groups is 1. The molecular formula is C19H26N4O3. The number of imide groups is 1. The second-order valence-electron chi connectivity index (χ2n) is 6.85. The number of amides is 3. The van der Waals surface area contributed by atoms with Crippen LogP contribution in [0.25, 0.3) is 0 Å². The van der Waals surface area contributed by atoms with Gasteiger partial charge in [0.2, 0.25) is 0 Å². The van der Waals surface area contributed by atoms with E-state index >= 15 is 0 Å². The van der Waals surface area contributed by atoms with E-state index < -0.39 is 11.6 Å². The fourth-order valence-corrected chi connectivity index (χ4v) is 3.75. The summed E-state index contributed by atoms with van der Waals surface area (Å²) in [5, 5.41) is 18.0. The normalized spacial score (nSPS) is 19.4. The van der Waals surface area contributed by atoms with Crippen molar-refractivity contribution < 1.29 is 14.7 Å². The minimum absolute atomic E-state index is 0.0672. The van der Waals surface area contributed by atoms with Crippen molar-refractivity contribution in [2.75, 3.05) is 18.0 Å². The summed E-state index contributed by atoms with van der Waals surface area (Å²) in [5.74, 6) is -0.227. The lowest BCUT2D eigenvalue weighted by Gasteiger charge is -2.29. The van der Waals surface area contributed by atoms with E-state index in [1.54, 1.807) is 12.1 Å². The molecule has 1 aromatic rings. The smallest absolute Gasteiger partial charge is 0.346 e. The van der Waals surface area contributed by atoms with Gasteiger partial charge in [0, 0.05) is 30.4 Å². The summed E-state index contributed by atoms with van der Waals surface area (Å²) >= 11 is 0. The molecule has 1 aliphatic carbocycles. The van der Waals surface area contributed by atoms with Crippen molar-refractivity contribution in [2.45, 2.75) is 51.5 Å². The van der Waals surface area contributed by atoms with Gasteiger partial charge in [0.05, 0.1) is 6.21 Å². The molecule has 140 valence electrons. The molecule has 26 heavy (non-hydrogen) atoms. The molecule has 3 amide bonds. The lowest BCUT2D eigenvalue weighted by Crippen LogP contribution is -2.48. The quantitative estimate of drug-likeness (QED) is 0.626. The molecule has 7 nitrogen and oxygen atoms in total. The molecule has 0 aromatic heterocycles. The first-order valence-electron chi connectivity index (χ1n) is 9.29. The molecule has 0 bridgehead atoms. The van der Waals surface area contributed by atoms with Crippen molar-refractivity contribution in [3.05, 3.63) is 23.8 Å². The number of rotatable bonds is 5. The molecule has 0 atom stereocenters. The third-order valence-electron chi connectivity index (χ3n) is 5.30. The minimum atomic E-state index is -0.790. The van der Waals surface area contributed by atoms with Gasteiger partial charge in [-0.2, -0.15) is 5.10 Å². The van der Waals surface area contributed by atoms with Crippen LogP contribution in [-0.2, 0) is 4.79 Å². The zero-order valence-corrected chi connectivity index (χ0v) is 15.4. The summed E-state index contributed by atoms with van der Waals surface area (Å²) in [4.78, 5) is 27.0. The van der Waals surface area contributed by atoms with Crippen LogP contribution in [0.3, 0.4) is 0 Å². The molecule has 2 fully saturated rings. The Morgan fingerprint density at radius 2 is 1.92 bits per heavy atom. The van der Waals surface area contributed by atoms with Crippen LogP contribution in [0.15, 0.2) is 23.3 Å². The maximum absolute atomic E-state index is 12.7. The van der Waals surface area contributed by atoms with Crippen LogP contribution in [0.5, 0.6) is 5.75 Å². The number of phenols is 1. The van der Waals surface area contributed by atoms with Crippen LogP contribution >= 0.6 is 0 Å². The molecule has 1 aromatic carbocycles. The van der Waals surface area contributed by atoms with E-state index in [0.29, 0.717) is 18.4 Å². The number of anilines is 1. The standard InChI is InChI=1S/C19H26N4O3/c1-3-22(4-2)15-9-8-14(16(24)12-15)13-20-23-17(25)19(21-18(23)26)10-6-5-7-11-19/h8-9,12-13,24H,3-7,10-11H2,1-2H3,(H,21,26)/b20-13+. The lowest BCUT2D eigenvalue weighted by atomic mass is 9.82. The van der Waals surface area contributed by atoms with E-state index in [9.17, 15) is 14.7 Å². The molecule has 1 aliphatic heterocycles. The van der Waals surface area contributed by atoms with Gasteiger partial charge in [-0.3, -0.25) is 4.79 Å². The average Bonchev–Trinajstić information content (AvgIpc) is 2.86. The second kappa shape index (κ2) is 7.35. The van der Waals surface area contributed by atoms with Crippen molar-refractivity contribution in [3.8, 4) is 5.75 Å². The molecule has 2 aliphatic rings. The van der Waals surface area contributed by atoms with E-state index in [1.165, 1.54) is 6.21 Å². The number of carbonyl (C=O) groups excluding carboxylic acids is 2. The van der Waals surface area contributed by atoms with Gasteiger partial charge in [-0.05, 0) is 38.8 Å². The Bertz CT molecular complexity index is 721. The highest BCUT2D eigenvalue weighted by atomic mass is 16.3. The maximum atomic E-state index is 12.7. The largest absolute Gasteiger partial charge is 0.507 e. The van der Waals surface area contributed by atoms with Crippen molar-refractivity contribution in [1.29, 1.82) is 0 Å². The second-order valence-corrected chi connectivity index (χ2v) is 6.85. The van der Waals surface area contributed by atoms with E-state index in [2.05, 4.69) is 29.2 Å². The molecule has 3 rings (SSSR count). The Balaban J connectivity index is 1.77. The number of aromatic hydroxyl groups is 1. The van der Waals surface area contributed by atoms with E-state index in [-0.39, 0.29) is 11.7 Å². The summed E-state index contributed by atoms with van der Waals surface area (Å²) in [7, 11) is 0. The molecule has 2 N–H and O–H groups in total.